The molecule has 0 aliphatic heterocycles. The number of nitrogens with zero attached hydrogens (tertiary/aromatic N) is 2. The molecule has 29 heavy (non-hydrogen) atoms. The Labute approximate surface area is 176 Å². The summed E-state index contributed by atoms with van der Waals surface area (Å²) in [6, 6.07) is 18.3. The molecular formula is C24H24ClN3O. The van der Waals surface area contributed by atoms with E-state index in [0.717, 1.165) is 17.3 Å². The van der Waals surface area contributed by atoms with Crippen molar-refractivity contribution >= 4 is 34.6 Å². The highest BCUT2D eigenvalue weighted by molar-refractivity contribution is 6.32. The normalized spacial score (nSPS) is 18.9. The molecule has 4 nitrogen and oxygen atoms in total. The lowest BCUT2D eigenvalue weighted by Crippen LogP contribution is -2.20. The van der Waals surface area contributed by atoms with Gasteiger partial charge in [-0.05, 0) is 41.0 Å². The summed E-state index contributed by atoms with van der Waals surface area (Å²) in [5.74, 6) is 0.180. The zero-order chi connectivity index (χ0) is 20.6. The molecule has 5 heteroatoms. The Morgan fingerprint density at radius 3 is 2.62 bits per heavy atom. The maximum atomic E-state index is 12.4. The number of hydrogen-bond acceptors (Lipinski definition) is 3. The highest BCUT2D eigenvalue weighted by Crippen LogP contribution is 2.47. The fourth-order valence-corrected chi connectivity index (χ4v) is 3.73. The van der Waals surface area contributed by atoms with Crippen LogP contribution in [0.2, 0.25) is 5.15 Å². The van der Waals surface area contributed by atoms with Crippen molar-refractivity contribution in [1.29, 1.82) is 0 Å². The van der Waals surface area contributed by atoms with Crippen LogP contribution in [0.15, 0.2) is 59.7 Å². The number of hydrazone groups is 1. The number of aromatic nitrogens is 1. The van der Waals surface area contributed by atoms with Gasteiger partial charge in [0.25, 0.3) is 0 Å². The Bertz CT molecular complexity index is 1080. The number of pyridine rings is 1. The second-order valence-corrected chi connectivity index (χ2v) is 8.97. The van der Waals surface area contributed by atoms with Crippen molar-refractivity contribution < 1.29 is 4.79 Å². The molecule has 1 aliphatic carbocycles. The summed E-state index contributed by atoms with van der Waals surface area (Å²) in [6.45, 7) is 6.60. The van der Waals surface area contributed by atoms with Crippen LogP contribution in [0.5, 0.6) is 0 Å². The number of para-hydroxylation sites is 1. The van der Waals surface area contributed by atoms with E-state index in [4.69, 9.17) is 11.6 Å². The van der Waals surface area contributed by atoms with Gasteiger partial charge in [0.1, 0.15) is 5.15 Å². The van der Waals surface area contributed by atoms with Crippen LogP contribution in [0.4, 0.5) is 0 Å². The van der Waals surface area contributed by atoms with E-state index in [2.05, 4.69) is 60.5 Å². The van der Waals surface area contributed by atoms with Crippen LogP contribution in [0.25, 0.3) is 10.9 Å². The van der Waals surface area contributed by atoms with Crippen molar-refractivity contribution in [2.75, 3.05) is 0 Å². The van der Waals surface area contributed by atoms with E-state index in [-0.39, 0.29) is 23.2 Å². The Balaban J connectivity index is 1.38. The molecule has 2 aromatic carbocycles. The second-order valence-electron chi connectivity index (χ2n) is 8.62. The Hall–Kier alpha value is -2.72. The van der Waals surface area contributed by atoms with Crippen LogP contribution < -0.4 is 5.43 Å². The summed E-state index contributed by atoms with van der Waals surface area (Å²) in [5, 5.41) is 5.44. The fourth-order valence-electron chi connectivity index (χ4n) is 3.53. The molecule has 0 unspecified atom stereocenters. The number of amides is 1. The summed E-state index contributed by atoms with van der Waals surface area (Å²) >= 11 is 6.23. The van der Waals surface area contributed by atoms with Crippen molar-refractivity contribution in [2.45, 2.75) is 38.5 Å². The predicted molar refractivity (Wildman–Crippen MR) is 118 cm³/mol. The van der Waals surface area contributed by atoms with Gasteiger partial charge in [0.05, 0.1) is 11.7 Å². The van der Waals surface area contributed by atoms with Crippen molar-refractivity contribution in [3.63, 3.8) is 0 Å². The van der Waals surface area contributed by atoms with Crippen LogP contribution in [0, 0.1) is 5.92 Å². The van der Waals surface area contributed by atoms with Gasteiger partial charge in [-0.15, -0.1) is 0 Å². The largest absolute Gasteiger partial charge is 0.273 e. The maximum absolute atomic E-state index is 12.4. The van der Waals surface area contributed by atoms with Crippen molar-refractivity contribution in [1.82, 2.24) is 10.4 Å². The van der Waals surface area contributed by atoms with Crippen LogP contribution in [-0.4, -0.2) is 17.1 Å². The molecule has 1 heterocycles. The molecule has 0 spiro atoms. The number of fused-ring (bicyclic) bond motifs is 1. The lowest BCUT2D eigenvalue weighted by atomic mass is 9.86. The predicted octanol–water partition coefficient (Wildman–Crippen LogP) is 5.44. The highest BCUT2D eigenvalue weighted by Gasteiger charge is 2.44. The average Bonchev–Trinajstić information content (AvgIpc) is 3.49. The number of carbonyl (C=O) groups excluding carboxylic acids is 1. The summed E-state index contributed by atoms with van der Waals surface area (Å²) in [6.07, 6.45) is 2.41. The summed E-state index contributed by atoms with van der Waals surface area (Å²) in [4.78, 5) is 16.8. The number of hydrogen-bond donors (Lipinski definition) is 1. The molecule has 1 saturated carbocycles. The van der Waals surface area contributed by atoms with Crippen LogP contribution >= 0.6 is 11.6 Å². The van der Waals surface area contributed by atoms with Gasteiger partial charge in [-0.1, -0.05) is 74.8 Å². The number of halogens is 1. The molecular weight excluding hydrogens is 382 g/mol. The zero-order valence-electron chi connectivity index (χ0n) is 16.8. The Morgan fingerprint density at radius 2 is 1.90 bits per heavy atom. The standard InChI is InChI=1S/C24H24ClN3O/c1-24(2,3)18-10-8-15(9-11-18)19-13-20(19)23(29)28-26-14-17-12-16-6-4-5-7-21(16)27-22(17)25/h4-12,14,19-20H,13H2,1-3H3,(H,28,29)/b26-14+/t19-,20-/m1/s1. The molecule has 1 amide bonds. The lowest BCUT2D eigenvalue weighted by molar-refractivity contribution is -0.122. The fraction of sp³-hybridized carbons (Fsp3) is 0.292. The summed E-state index contributed by atoms with van der Waals surface area (Å²) < 4.78 is 0. The zero-order valence-corrected chi connectivity index (χ0v) is 17.6. The minimum absolute atomic E-state index is 0.0298. The number of rotatable bonds is 4. The van der Waals surface area contributed by atoms with E-state index >= 15 is 0 Å². The summed E-state index contributed by atoms with van der Waals surface area (Å²) in [5.41, 5.74) is 6.80. The molecule has 148 valence electrons. The van der Waals surface area contributed by atoms with Gasteiger partial charge in [0, 0.05) is 16.9 Å². The van der Waals surface area contributed by atoms with Crippen LogP contribution in [0.1, 0.15) is 49.8 Å². The lowest BCUT2D eigenvalue weighted by Gasteiger charge is -2.19. The molecule has 3 aromatic rings. The number of nitrogens with one attached hydrogen (secondary N) is 1. The molecule has 2 atom stereocenters. The molecule has 0 bridgehead atoms. The van der Waals surface area contributed by atoms with Crippen LogP contribution in [-0.2, 0) is 10.2 Å². The molecule has 1 N–H and O–H groups in total. The van der Waals surface area contributed by atoms with Crippen molar-refractivity contribution in [3.05, 3.63) is 76.4 Å². The monoisotopic (exact) mass is 405 g/mol. The quantitative estimate of drug-likeness (QED) is 0.357. The number of carbonyl (C=O) groups is 1. The third kappa shape index (κ3) is 4.33. The van der Waals surface area contributed by atoms with Gasteiger partial charge in [0.2, 0.25) is 5.91 Å². The van der Waals surface area contributed by atoms with Gasteiger partial charge >= 0.3 is 0 Å². The molecule has 0 saturated heterocycles. The van der Waals surface area contributed by atoms with E-state index < -0.39 is 0 Å². The topological polar surface area (TPSA) is 54.4 Å². The molecule has 0 radical (unpaired) electrons. The Morgan fingerprint density at radius 1 is 1.17 bits per heavy atom. The first-order valence-corrected chi connectivity index (χ1v) is 10.2. The minimum Gasteiger partial charge on any atom is -0.273 e. The first-order valence-electron chi connectivity index (χ1n) is 9.81. The van der Waals surface area contributed by atoms with E-state index in [1.807, 2.05) is 30.3 Å². The van der Waals surface area contributed by atoms with Gasteiger partial charge in [-0.25, -0.2) is 10.4 Å². The van der Waals surface area contributed by atoms with Gasteiger partial charge in [-0.3, -0.25) is 4.79 Å². The minimum atomic E-state index is -0.0592. The molecule has 4 rings (SSSR count). The van der Waals surface area contributed by atoms with E-state index in [0.29, 0.717) is 10.7 Å². The smallest absolute Gasteiger partial charge is 0.243 e. The van der Waals surface area contributed by atoms with Crippen molar-refractivity contribution in [2.24, 2.45) is 11.0 Å². The second kappa shape index (κ2) is 7.60. The third-order valence-electron chi connectivity index (χ3n) is 5.42. The van der Waals surface area contributed by atoms with Gasteiger partial charge < -0.3 is 0 Å². The molecule has 1 aromatic heterocycles. The Kier molecular flexibility index (Phi) is 5.13. The first kappa shape index (κ1) is 19.6. The maximum Gasteiger partial charge on any atom is 0.243 e. The van der Waals surface area contributed by atoms with E-state index in [9.17, 15) is 4.79 Å². The first-order chi connectivity index (χ1) is 13.8. The third-order valence-corrected chi connectivity index (χ3v) is 5.72. The summed E-state index contributed by atoms with van der Waals surface area (Å²) in [7, 11) is 0. The molecule has 1 aliphatic rings. The molecule has 1 fully saturated rings. The van der Waals surface area contributed by atoms with E-state index in [1.165, 1.54) is 11.1 Å². The van der Waals surface area contributed by atoms with Gasteiger partial charge in [0.15, 0.2) is 0 Å². The average molecular weight is 406 g/mol. The SMILES string of the molecule is CC(C)(C)c1ccc([C@H]2C[C@H]2C(=O)N/N=C/c2cc3ccccc3nc2Cl)cc1. The van der Waals surface area contributed by atoms with Gasteiger partial charge in [-0.2, -0.15) is 5.10 Å². The van der Waals surface area contributed by atoms with E-state index in [1.54, 1.807) is 6.21 Å². The highest BCUT2D eigenvalue weighted by atomic mass is 35.5. The van der Waals surface area contributed by atoms with Crippen LogP contribution in [0.3, 0.4) is 0 Å². The van der Waals surface area contributed by atoms with Crippen molar-refractivity contribution in [3.8, 4) is 0 Å². The number of benzene rings is 2.